The van der Waals surface area contributed by atoms with Crippen molar-refractivity contribution in [1.29, 1.82) is 0 Å². The minimum Gasteiger partial charge on any atom is -0.484 e. The molecule has 124 valence electrons. The largest absolute Gasteiger partial charge is 0.484 e. The van der Waals surface area contributed by atoms with Gasteiger partial charge in [0.25, 0.3) is 5.91 Å². The summed E-state index contributed by atoms with van der Waals surface area (Å²) in [6.45, 7) is 2.40. The van der Waals surface area contributed by atoms with Gasteiger partial charge in [-0.05, 0) is 31.2 Å². The van der Waals surface area contributed by atoms with Crippen LogP contribution in [0.4, 0.5) is 0 Å². The molecule has 0 saturated carbocycles. The first-order valence-electron chi connectivity index (χ1n) is 7.44. The lowest BCUT2D eigenvalue weighted by molar-refractivity contribution is -0.122. The van der Waals surface area contributed by atoms with E-state index in [4.69, 9.17) is 21.1 Å². The van der Waals surface area contributed by atoms with Gasteiger partial charge in [0.2, 0.25) is 0 Å². The van der Waals surface area contributed by atoms with Crippen molar-refractivity contribution in [3.05, 3.63) is 59.1 Å². The number of hydrogen-bond acceptors (Lipinski definition) is 3. The van der Waals surface area contributed by atoms with Gasteiger partial charge in [-0.2, -0.15) is 0 Å². The third-order valence-electron chi connectivity index (χ3n) is 3.03. The summed E-state index contributed by atoms with van der Waals surface area (Å²) in [5.74, 6) is 6.64. The van der Waals surface area contributed by atoms with Crippen molar-refractivity contribution < 1.29 is 14.3 Å². The molecule has 24 heavy (non-hydrogen) atoms. The molecule has 0 fully saturated rings. The molecule has 0 aromatic heterocycles. The number of nitrogens with one attached hydrogen (secondary N) is 1. The van der Waals surface area contributed by atoms with E-state index in [9.17, 15) is 4.79 Å². The second kappa shape index (κ2) is 9.49. The van der Waals surface area contributed by atoms with Crippen molar-refractivity contribution in [2.24, 2.45) is 0 Å². The van der Waals surface area contributed by atoms with E-state index in [0.29, 0.717) is 16.5 Å². The van der Waals surface area contributed by atoms with Gasteiger partial charge in [0, 0.05) is 0 Å². The number of carbonyl (C=O) groups is 1. The number of hydrogen-bond donors (Lipinski definition) is 1. The topological polar surface area (TPSA) is 47.6 Å². The smallest absolute Gasteiger partial charge is 0.258 e. The molecule has 0 radical (unpaired) electrons. The first-order valence-corrected chi connectivity index (χ1v) is 7.82. The van der Waals surface area contributed by atoms with E-state index in [1.54, 1.807) is 12.1 Å². The molecular formula is C19H18ClNO3. The first-order chi connectivity index (χ1) is 11.6. The second-order valence-electron chi connectivity index (χ2n) is 4.95. The molecule has 0 unspecified atom stereocenters. The van der Waals surface area contributed by atoms with E-state index in [1.165, 1.54) is 0 Å². The van der Waals surface area contributed by atoms with Crippen LogP contribution in [0.2, 0.25) is 5.02 Å². The van der Waals surface area contributed by atoms with Crippen LogP contribution in [0.1, 0.15) is 5.56 Å². The molecule has 1 N–H and O–H groups in total. The van der Waals surface area contributed by atoms with Gasteiger partial charge in [0.15, 0.2) is 6.61 Å². The van der Waals surface area contributed by atoms with Crippen molar-refractivity contribution in [3.8, 4) is 23.3 Å². The van der Waals surface area contributed by atoms with E-state index in [0.717, 1.165) is 5.56 Å². The minimum atomic E-state index is -0.225. The highest BCUT2D eigenvalue weighted by Crippen LogP contribution is 2.22. The highest BCUT2D eigenvalue weighted by molar-refractivity contribution is 6.32. The van der Waals surface area contributed by atoms with Crippen LogP contribution in [-0.4, -0.2) is 25.7 Å². The van der Waals surface area contributed by atoms with Crippen molar-refractivity contribution >= 4 is 17.5 Å². The number of amides is 1. The summed E-state index contributed by atoms with van der Waals surface area (Å²) in [6.07, 6.45) is 0. The van der Waals surface area contributed by atoms with Gasteiger partial charge in [-0.3, -0.25) is 4.79 Å². The van der Waals surface area contributed by atoms with Crippen molar-refractivity contribution in [3.63, 3.8) is 0 Å². The van der Waals surface area contributed by atoms with E-state index >= 15 is 0 Å². The van der Waals surface area contributed by atoms with Crippen LogP contribution in [0.3, 0.4) is 0 Å². The monoisotopic (exact) mass is 343 g/mol. The summed E-state index contributed by atoms with van der Waals surface area (Å²) < 4.78 is 10.8. The summed E-state index contributed by atoms with van der Waals surface area (Å²) in [7, 11) is 0. The Hall–Kier alpha value is -2.64. The molecule has 4 nitrogen and oxygen atoms in total. The predicted octanol–water partition coefficient (Wildman–Crippen LogP) is 3.23. The summed E-state index contributed by atoms with van der Waals surface area (Å²) in [5.41, 5.74) is 1.14. The molecule has 0 aliphatic carbocycles. The maximum atomic E-state index is 11.6. The highest BCUT2D eigenvalue weighted by atomic mass is 35.5. The molecule has 0 spiro atoms. The predicted molar refractivity (Wildman–Crippen MR) is 94.4 cm³/mol. The molecule has 2 rings (SSSR count). The van der Waals surface area contributed by atoms with Crippen LogP contribution >= 0.6 is 11.6 Å². The van der Waals surface area contributed by atoms with Crippen molar-refractivity contribution in [2.75, 3.05) is 19.8 Å². The summed E-state index contributed by atoms with van der Waals surface area (Å²) in [4.78, 5) is 11.6. The van der Waals surface area contributed by atoms with Crippen LogP contribution in [0, 0.1) is 18.8 Å². The van der Waals surface area contributed by atoms with E-state index in [1.807, 2.05) is 43.3 Å². The molecule has 2 aromatic rings. The average molecular weight is 344 g/mol. The van der Waals surface area contributed by atoms with Crippen LogP contribution in [0.5, 0.6) is 11.5 Å². The Morgan fingerprint density at radius 2 is 1.83 bits per heavy atom. The number of rotatable bonds is 6. The lowest BCUT2D eigenvalue weighted by Crippen LogP contribution is -2.29. The van der Waals surface area contributed by atoms with Gasteiger partial charge in [0.1, 0.15) is 18.1 Å². The lowest BCUT2D eigenvalue weighted by Gasteiger charge is -2.06. The van der Waals surface area contributed by atoms with Crippen LogP contribution < -0.4 is 14.8 Å². The zero-order valence-electron chi connectivity index (χ0n) is 13.3. The molecule has 0 aliphatic rings. The number of halogens is 1. The van der Waals surface area contributed by atoms with Gasteiger partial charge in [0.05, 0.1) is 11.6 Å². The second-order valence-corrected chi connectivity index (χ2v) is 5.36. The highest BCUT2D eigenvalue weighted by Gasteiger charge is 2.01. The van der Waals surface area contributed by atoms with Gasteiger partial charge in [-0.25, -0.2) is 0 Å². The standard InChI is InChI=1S/C19H18ClNO3/c1-15-8-10-16(11-9-15)24-14-19(22)21-12-4-5-13-23-18-7-3-2-6-17(18)20/h2-3,6-11H,12-14H2,1H3,(H,21,22). The Balaban J connectivity index is 1.62. The van der Waals surface area contributed by atoms with E-state index in [2.05, 4.69) is 17.2 Å². The van der Waals surface area contributed by atoms with E-state index < -0.39 is 0 Å². The molecule has 0 aliphatic heterocycles. The number of carbonyl (C=O) groups excluding carboxylic acids is 1. The minimum absolute atomic E-state index is 0.0408. The quantitative estimate of drug-likeness (QED) is 0.819. The third kappa shape index (κ3) is 6.23. The Labute approximate surface area is 146 Å². The summed E-state index contributed by atoms with van der Waals surface area (Å²) in [5, 5.41) is 3.20. The van der Waals surface area contributed by atoms with Crippen molar-refractivity contribution in [2.45, 2.75) is 6.92 Å². The molecular weight excluding hydrogens is 326 g/mol. The van der Waals surface area contributed by atoms with Gasteiger partial charge >= 0.3 is 0 Å². The van der Waals surface area contributed by atoms with Crippen LogP contribution in [0.15, 0.2) is 48.5 Å². The average Bonchev–Trinajstić information content (AvgIpc) is 2.59. The Morgan fingerprint density at radius 1 is 1.08 bits per heavy atom. The van der Waals surface area contributed by atoms with Crippen molar-refractivity contribution in [1.82, 2.24) is 5.32 Å². The fourth-order valence-corrected chi connectivity index (χ4v) is 1.96. The number of aryl methyl sites for hydroxylation is 1. The zero-order valence-corrected chi connectivity index (χ0v) is 14.1. The third-order valence-corrected chi connectivity index (χ3v) is 3.34. The Bertz CT molecular complexity index is 732. The molecule has 0 atom stereocenters. The SMILES string of the molecule is Cc1ccc(OCC(=O)NCC#CCOc2ccccc2Cl)cc1. The van der Waals surface area contributed by atoms with Gasteiger partial charge in [-0.15, -0.1) is 0 Å². The molecule has 0 bridgehead atoms. The van der Waals surface area contributed by atoms with E-state index in [-0.39, 0.29) is 25.7 Å². The maximum Gasteiger partial charge on any atom is 0.258 e. The fourth-order valence-electron chi connectivity index (χ4n) is 1.77. The normalized spacial score (nSPS) is 9.58. The van der Waals surface area contributed by atoms with Gasteiger partial charge in [-0.1, -0.05) is 53.3 Å². The van der Waals surface area contributed by atoms with Gasteiger partial charge < -0.3 is 14.8 Å². The summed E-state index contributed by atoms with van der Waals surface area (Å²) in [6, 6.07) is 14.7. The molecule has 5 heteroatoms. The molecule has 2 aromatic carbocycles. The molecule has 1 amide bonds. The van der Waals surface area contributed by atoms with Crippen LogP contribution in [0.25, 0.3) is 0 Å². The Kier molecular flexibility index (Phi) is 7.00. The fraction of sp³-hybridized carbons (Fsp3) is 0.211. The Morgan fingerprint density at radius 3 is 2.58 bits per heavy atom. The van der Waals surface area contributed by atoms with Crippen LogP contribution in [-0.2, 0) is 4.79 Å². The first kappa shape index (κ1) is 17.7. The maximum absolute atomic E-state index is 11.6. The summed E-state index contributed by atoms with van der Waals surface area (Å²) >= 11 is 5.96. The molecule has 0 saturated heterocycles. The number of benzene rings is 2. The zero-order chi connectivity index (χ0) is 17.2. The molecule has 0 heterocycles. The number of ether oxygens (including phenoxy) is 2. The lowest BCUT2D eigenvalue weighted by atomic mass is 10.2. The number of para-hydroxylation sites is 1.